The van der Waals surface area contributed by atoms with Crippen LogP contribution in [0.15, 0.2) is 45.1 Å². The Morgan fingerprint density at radius 3 is 2.14 bits per heavy atom. The third-order valence-corrected chi connectivity index (χ3v) is 3.67. The zero-order chi connectivity index (χ0) is 10.5. The van der Waals surface area contributed by atoms with Crippen LogP contribution in [0.5, 0.6) is 0 Å². The van der Waals surface area contributed by atoms with Crippen molar-refractivity contribution in [1.29, 1.82) is 0 Å². The molecule has 2 aliphatic rings. The molecule has 0 amide bonds. The van der Waals surface area contributed by atoms with Gasteiger partial charge in [-0.2, -0.15) is 0 Å². The van der Waals surface area contributed by atoms with Crippen molar-refractivity contribution in [3.05, 3.63) is 45.1 Å². The fourth-order valence-electron chi connectivity index (χ4n) is 2.59. The first kappa shape index (κ1) is 9.51. The van der Waals surface area contributed by atoms with Crippen LogP contribution in [-0.4, -0.2) is 0 Å². The molecule has 0 unspecified atom stereocenters. The Bertz CT molecular complexity index is 423. The van der Waals surface area contributed by atoms with Crippen LogP contribution in [-0.2, 0) is 0 Å². The van der Waals surface area contributed by atoms with E-state index < -0.39 is 0 Å². The monoisotopic (exact) mass is 186 g/mol. The van der Waals surface area contributed by atoms with Crippen molar-refractivity contribution in [2.75, 3.05) is 0 Å². The van der Waals surface area contributed by atoms with Crippen LogP contribution in [0.4, 0.5) is 0 Å². The Kier molecular flexibility index (Phi) is 2.02. The predicted octanol–water partition coefficient (Wildman–Crippen LogP) is 4.32. The molecule has 74 valence electrons. The van der Waals surface area contributed by atoms with Gasteiger partial charge in [-0.1, -0.05) is 13.0 Å². The molecule has 0 saturated carbocycles. The molecule has 0 aromatic heterocycles. The van der Waals surface area contributed by atoms with E-state index >= 15 is 0 Å². The number of rotatable bonds is 1. The summed E-state index contributed by atoms with van der Waals surface area (Å²) in [5, 5.41) is 0. The molecular formula is C14H18. The van der Waals surface area contributed by atoms with Crippen LogP contribution in [0.3, 0.4) is 0 Å². The topological polar surface area (TPSA) is 0 Å². The molecule has 0 atom stereocenters. The average Bonchev–Trinajstić information content (AvgIpc) is 2.54. The van der Waals surface area contributed by atoms with E-state index in [0.717, 1.165) is 6.42 Å². The summed E-state index contributed by atoms with van der Waals surface area (Å²) in [6.45, 7) is 11.2. The Hall–Kier alpha value is -1.04. The van der Waals surface area contributed by atoms with Gasteiger partial charge in [-0.15, -0.1) is 0 Å². The summed E-state index contributed by atoms with van der Waals surface area (Å²) in [7, 11) is 0. The molecule has 0 heteroatoms. The van der Waals surface area contributed by atoms with E-state index in [1.807, 2.05) is 0 Å². The highest BCUT2D eigenvalue weighted by Gasteiger charge is 2.27. The molecule has 0 bridgehead atoms. The van der Waals surface area contributed by atoms with Crippen molar-refractivity contribution in [1.82, 2.24) is 0 Å². The summed E-state index contributed by atoms with van der Waals surface area (Å²) in [5.74, 6) is 0. The van der Waals surface area contributed by atoms with Gasteiger partial charge in [0.25, 0.3) is 0 Å². The van der Waals surface area contributed by atoms with E-state index in [1.165, 1.54) is 33.4 Å². The van der Waals surface area contributed by atoms with E-state index in [-0.39, 0.29) is 0 Å². The Labute approximate surface area is 86.7 Å². The van der Waals surface area contributed by atoms with Crippen LogP contribution < -0.4 is 0 Å². The molecule has 0 aromatic rings. The van der Waals surface area contributed by atoms with Crippen molar-refractivity contribution < 1.29 is 0 Å². The second kappa shape index (κ2) is 2.98. The molecule has 0 saturated heterocycles. The number of hydrogen-bond donors (Lipinski definition) is 0. The summed E-state index contributed by atoms with van der Waals surface area (Å²) >= 11 is 0. The molecule has 0 aliphatic heterocycles. The van der Waals surface area contributed by atoms with Crippen molar-refractivity contribution >= 4 is 0 Å². The van der Waals surface area contributed by atoms with E-state index in [1.54, 1.807) is 5.57 Å². The molecule has 0 heterocycles. The fourth-order valence-corrected chi connectivity index (χ4v) is 2.59. The zero-order valence-corrected chi connectivity index (χ0v) is 9.78. The maximum Gasteiger partial charge on any atom is -0.0117 e. The molecule has 14 heavy (non-hydrogen) atoms. The summed E-state index contributed by atoms with van der Waals surface area (Å²) in [6, 6.07) is 0. The van der Waals surface area contributed by atoms with Gasteiger partial charge >= 0.3 is 0 Å². The molecule has 0 N–H and O–H groups in total. The first-order valence-electron chi connectivity index (χ1n) is 5.39. The standard InChI is InChI=1S/C14H18/c1-6-12-10(4)11(5)14-9(3)8(2)7-13(12)14/h7H,6H2,1-5H3. The lowest BCUT2D eigenvalue weighted by Crippen LogP contribution is -1.85. The van der Waals surface area contributed by atoms with Crippen LogP contribution >= 0.6 is 0 Å². The first-order valence-corrected chi connectivity index (χ1v) is 5.39. The third-order valence-electron chi connectivity index (χ3n) is 3.67. The summed E-state index contributed by atoms with van der Waals surface area (Å²) in [4.78, 5) is 0. The van der Waals surface area contributed by atoms with Crippen molar-refractivity contribution in [3.63, 3.8) is 0 Å². The normalized spacial score (nSPS) is 21.1. The summed E-state index contributed by atoms with van der Waals surface area (Å²) in [5.41, 5.74) is 10.5. The van der Waals surface area contributed by atoms with Crippen molar-refractivity contribution in [3.8, 4) is 0 Å². The van der Waals surface area contributed by atoms with Crippen molar-refractivity contribution in [2.24, 2.45) is 0 Å². The Balaban J connectivity index is 2.61. The second-order valence-corrected chi connectivity index (χ2v) is 4.32. The van der Waals surface area contributed by atoms with E-state index in [0.29, 0.717) is 0 Å². The van der Waals surface area contributed by atoms with Gasteiger partial charge in [0.05, 0.1) is 0 Å². The molecule has 2 rings (SSSR count). The molecule has 0 nitrogen and oxygen atoms in total. The quantitative estimate of drug-likeness (QED) is 0.572. The van der Waals surface area contributed by atoms with Gasteiger partial charge in [-0.3, -0.25) is 0 Å². The maximum atomic E-state index is 2.35. The minimum absolute atomic E-state index is 1.15. The molecule has 2 aliphatic carbocycles. The van der Waals surface area contributed by atoms with Crippen LogP contribution in [0.1, 0.15) is 41.0 Å². The smallest absolute Gasteiger partial charge is 0.0117 e. The third kappa shape index (κ3) is 1.00. The molecule has 0 aromatic carbocycles. The SMILES string of the molecule is CCC1=C(C)C(C)=C2C1=CC(C)=C2C. The van der Waals surface area contributed by atoms with E-state index in [9.17, 15) is 0 Å². The van der Waals surface area contributed by atoms with Gasteiger partial charge in [0, 0.05) is 0 Å². The lowest BCUT2D eigenvalue weighted by atomic mass is 10.0. The highest BCUT2D eigenvalue weighted by atomic mass is 14.3. The maximum absolute atomic E-state index is 2.35. The van der Waals surface area contributed by atoms with Gasteiger partial charge in [-0.05, 0) is 73.1 Å². The Morgan fingerprint density at radius 1 is 0.929 bits per heavy atom. The van der Waals surface area contributed by atoms with Gasteiger partial charge in [-0.25, -0.2) is 0 Å². The van der Waals surface area contributed by atoms with Gasteiger partial charge < -0.3 is 0 Å². The molecular weight excluding hydrogens is 168 g/mol. The minimum Gasteiger partial charge on any atom is -0.0613 e. The largest absolute Gasteiger partial charge is 0.0613 e. The molecule has 0 spiro atoms. The summed E-state index contributed by atoms with van der Waals surface area (Å²) < 4.78 is 0. The molecule has 0 radical (unpaired) electrons. The van der Waals surface area contributed by atoms with Crippen molar-refractivity contribution in [2.45, 2.75) is 41.0 Å². The predicted molar refractivity (Wildman–Crippen MR) is 62.1 cm³/mol. The Morgan fingerprint density at radius 2 is 1.57 bits per heavy atom. The number of allylic oxidation sites excluding steroid dienone is 8. The average molecular weight is 186 g/mol. The van der Waals surface area contributed by atoms with Gasteiger partial charge in [0.15, 0.2) is 0 Å². The van der Waals surface area contributed by atoms with Crippen LogP contribution in [0.25, 0.3) is 0 Å². The lowest BCUT2D eigenvalue weighted by Gasteiger charge is -2.03. The van der Waals surface area contributed by atoms with E-state index in [4.69, 9.17) is 0 Å². The van der Waals surface area contributed by atoms with Gasteiger partial charge in [0.1, 0.15) is 0 Å². The number of hydrogen-bond acceptors (Lipinski definition) is 0. The van der Waals surface area contributed by atoms with Crippen LogP contribution in [0, 0.1) is 0 Å². The second-order valence-electron chi connectivity index (χ2n) is 4.32. The first-order chi connectivity index (χ1) is 6.57. The lowest BCUT2D eigenvalue weighted by molar-refractivity contribution is 1.10. The molecule has 0 fully saturated rings. The fraction of sp³-hybridized carbons (Fsp3) is 0.429. The van der Waals surface area contributed by atoms with E-state index in [2.05, 4.69) is 40.7 Å². The highest BCUT2D eigenvalue weighted by molar-refractivity contribution is 5.74. The summed E-state index contributed by atoms with van der Waals surface area (Å²) in [6.07, 6.45) is 3.50. The highest BCUT2D eigenvalue weighted by Crippen LogP contribution is 2.46. The minimum atomic E-state index is 1.15. The van der Waals surface area contributed by atoms with Gasteiger partial charge in [0.2, 0.25) is 0 Å². The number of fused-ring (bicyclic) bond motifs is 1. The van der Waals surface area contributed by atoms with Crippen LogP contribution in [0.2, 0.25) is 0 Å². The zero-order valence-electron chi connectivity index (χ0n) is 9.78.